The zero-order chi connectivity index (χ0) is 13.0. The third-order valence-corrected chi connectivity index (χ3v) is 2.60. The number of aromatic nitrogens is 2. The Bertz CT molecular complexity index is 525. The van der Waals surface area contributed by atoms with E-state index in [-0.39, 0.29) is 5.82 Å². The van der Waals surface area contributed by atoms with Gasteiger partial charge in [0.2, 0.25) is 11.7 Å². The maximum absolute atomic E-state index is 13.4. The molecule has 1 N–H and O–H groups in total. The van der Waals surface area contributed by atoms with E-state index in [0.29, 0.717) is 29.4 Å². The molecule has 1 aromatic heterocycles. The van der Waals surface area contributed by atoms with Gasteiger partial charge in [-0.1, -0.05) is 24.2 Å². The lowest BCUT2D eigenvalue weighted by atomic mass is 10.1. The van der Waals surface area contributed by atoms with Gasteiger partial charge in [-0.25, -0.2) is 4.39 Å². The molecule has 0 amide bonds. The molecule has 0 radical (unpaired) electrons. The first-order valence-corrected chi connectivity index (χ1v) is 6.00. The van der Waals surface area contributed by atoms with Crippen LogP contribution in [0.5, 0.6) is 0 Å². The minimum Gasteiger partial charge on any atom is -0.338 e. The fraction of sp³-hybridized carbons (Fsp3) is 0.385. The van der Waals surface area contributed by atoms with Crippen LogP contribution in [-0.4, -0.2) is 16.7 Å². The van der Waals surface area contributed by atoms with Crippen LogP contribution in [0.4, 0.5) is 4.39 Å². The average molecular weight is 249 g/mol. The molecule has 0 aliphatic heterocycles. The van der Waals surface area contributed by atoms with Crippen LogP contribution in [0, 0.1) is 12.7 Å². The largest absolute Gasteiger partial charge is 0.338 e. The smallest absolute Gasteiger partial charge is 0.240 e. The molecule has 2 aromatic rings. The third-order valence-electron chi connectivity index (χ3n) is 2.60. The van der Waals surface area contributed by atoms with Crippen LogP contribution in [0.1, 0.15) is 24.8 Å². The molecule has 96 valence electrons. The van der Waals surface area contributed by atoms with Gasteiger partial charge in [0, 0.05) is 5.56 Å². The molecular weight excluding hydrogens is 233 g/mol. The van der Waals surface area contributed by atoms with Gasteiger partial charge in [0.25, 0.3) is 0 Å². The van der Waals surface area contributed by atoms with Crippen molar-refractivity contribution in [2.45, 2.75) is 26.8 Å². The normalized spacial score (nSPS) is 10.8. The van der Waals surface area contributed by atoms with Crippen LogP contribution in [0.15, 0.2) is 22.7 Å². The number of halogens is 1. The topological polar surface area (TPSA) is 51.0 Å². The highest BCUT2D eigenvalue weighted by atomic mass is 19.1. The fourth-order valence-electron chi connectivity index (χ4n) is 1.55. The molecule has 2 rings (SSSR count). The van der Waals surface area contributed by atoms with Gasteiger partial charge in [0.05, 0.1) is 6.54 Å². The van der Waals surface area contributed by atoms with Crippen LogP contribution in [0.25, 0.3) is 11.4 Å². The van der Waals surface area contributed by atoms with E-state index in [1.165, 1.54) is 6.07 Å². The maximum Gasteiger partial charge on any atom is 0.240 e. The van der Waals surface area contributed by atoms with E-state index >= 15 is 0 Å². The van der Waals surface area contributed by atoms with Crippen molar-refractivity contribution in [2.24, 2.45) is 0 Å². The molecule has 0 atom stereocenters. The highest BCUT2D eigenvalue weighted by molar-refractivity contribution is 5.54. The summed E-state index contributed by atoms with van der Waals surface area (Å²) in [5.41, 5.74) is 1.23. The zero-order valence-corrected chi connectivity index (χ0v) is 10.5. The minimum atomic E-state index is -0.261. The molecule has 0 aliphatic rings. The highest BCUT2D eigenvalue weighted by Crippen LogP contribution is 2.18. The van der Waals surface area contributed by atoms with Crippen molar-refractivity contribution in [3.8, 4) is 11.4 Å². The molecule has 0 saturated carbocycles. The first-order valence-electron chi connectivity index (χ1n) is 6.00. The van der Waals surface area contributed by atoms with Crippen molar-refractivity contribution < 1.29 is 8.91 Å². The average Bonchev–Trinajstić information content (AvgIpc) is 2.82. The van der Waals surface area contributed by atoms with Crippen molar-refractivity contribution in [3.63, 3.8) is 0 Å². The van der Waals surface area contributed by atoms with Gasteiger partial charge in [-0.05, 0) is 31.5 Å². The molecule has 0 bridgehead atoms. The lowest BCUT2D eigenvalue weighted by Gasteiger charge is -1.98. The summed E-state index contributed by atoms with van der Waals surface area (Å²) in [7, 11) is 0. The van der Waals surface area contributed by atoms with Gasteiger partial charge in [0.1, 0.15) is 5.82 Å². The Morgan fingerprint density at radius 1 is 1.39 bits per heavy atom. The molecule has 0 aliphatic carbocycles. The summed E-state index contributed by atoms with van der Waals surface area (Å²) < 4.78 is 18.5. The van der Waals surface area contributed by atoms with Gasteiger partial charge in [0.15, 0.2) is 0 Å². The summed E-state index contributed by atoms with van der Waals surface area (Å²) in [6, 6.07) is 4.91. The third kappa shape index (κ3) is 2.92. The molecule has 0 unspecified atom stereocenters. The molecule has 0 fully saturated rings. The van der Waals surface area contributed by atoms with Crippen LogP contribution in [0.2, 0.25) is 0 Å². The summed E-state index contributed by atoms with van der Waals surface area (Å²) in [6.45, 7) is 5.24. The van der Waals surface area contributed by atoms with Crippen molar-refractivity contribution in [2.75, 3.05) is 6.54 Å². The molecule has 1 heterocycles. The highest BCUT2D eigenvalue weighted by Gasteiger charge is 2.09. The number of nitrogens with zero attached hydrogens (tertiary/aromatic N) is 2. The second-order valence-electron chi connectivity index (χ2n) is 4.15. The van der Waals surface area contributed by atoms with Gasteiger partial charge in [-0.3, -0.25) is 0 Å². The predicted molar refractivity (Wildman–Crippen MR) is 66.4 cm³/mol. The maximum atomic E-state index is 13.4. The van der Waals surface area contributed by atoms with E-state index in [2.05, 4.69) is 22.4 Å². The summed E-state index contributed by atoms with van der Waals surface area (Å²) >= 11 is 0. The van der Waals surface area contributed by atoms with Crippen LogP contribution in [-0.2, 0) is 6.54 Å². The van der Waals surface area contributed by atoms with Crippen LogP contribution >= 0.6 is 0 Å². The van der Waals surface area contributed by atoms with Crippen molar-refractivity contribution >= 4 is 0 Å². The number of rotatable bonds is 5. The van der Waals surface area contributed by atoms with Crippen LogP contribution in [0.3, 0.4) is 0 Å². The Morgan fingerprint density at radius 2 is 2.22 bits per heavy atom. The van der Waals surface area contributed by atoms with Gasteiger partial charge < -0.3 is 9.84 Å². The summed E-state index contributed by atoms with van der Waals surface area (Å²) in [6.07, 6.45) is 1.05. The van der Waals surface area contributed by atoms with E-state index in [1.54, 1.807) is 19.1 Å². The lowest BCUT2D eigenvalue weighted by molar-refractivity contribution is 0.368. The number of hydrogen-bond donors (Lipinski definition) is 1. The minimum absolute atomic E-state index is 0.261. The van der Waals surface area contributed by atoms with Crippen molar-refractivity contribution in [1.29, 1.82) is 0 Å². The van der Waals surface area contributed by atoms with Crippen molar-refractivity contribution in [3.05, 3.63) is 35.5 Å². The Kier molecular flexibility index (Phi) is 4.04. The number of nitrogens with one attached hydrogen (secondary N) is 1. The zero-order valence-electron chi connectivity index (χ0n) is 10.5. The monoisotopic (exact) mass is 249 g/mol. The Labute approximate surface area is 105 Å². The molecule has 0 spiro atoms. The van der Waals surface area contributed by atoms with E-state index in [9.17, 15) is 4.39 Å². The quantitative estimate of drug-likeness (QED) is 0.828. The van der Waals surface area contributed by atoms with Crippen LogP contribution < -0.4 is 5.32 Å². The van der Waals surface area contributed by atoms with E-state index in [0.717, 1.165) is 13.0 Å². The standard InChI is InChI=1S/C13H16FN3O/c1-3-6-15-8-12-16-13(17-18-12)10-5-4-9(2)11(14)7-10/h4-5,7,15H,3,6,8H2,1-2H3. The van der Waals surface area contributed by atoms with Gasteiger partial charge >= 0.3 is 0 Å². The molecule has 4 nitrogen and oxygen atoms in total. The summed E-state index contributed by atoms with van der Waals surface area (Å²) in [5.74, 6) is 0.671. The first-order chi connectivity index (χ1) is 8.70. The molecule has 1 aromatic carbocycles. The number of benzene rings is 1. The number of aryl methyl sites for hydroxylation is 1. The second kappa shape index (κ2) is 5.73. The summed E-state index contributed by atoms with van der Waals surface area (Å²) in [4.78, 5) is 4.22. The van der Waals surface area contributed by atoms with Crippen molar-refractivity contribution in [1.82, 2.24) is 15.5 Å². The van der Waals surface area contributed by atoms with E-state index in [4.69, 9.17) is 4.52 Å². The van der Waals surface area contributed by atoms with E-state index < -0.39 is 0 Å². The number of hydrogen-bond acceptors (Lipinski definition) is 4. The first kappa shape index (κ1) is 12.7. The lowest BCUT2D eigenvalue weighted by Crippen LogP contribution is -2.13. The molecular formula is C13H16FN3O. The Balaban J connectivity index is 2.11. The van der Waals surface area contributed by atoms with Gasteiger partial charge in [-0.2, -0.15) is 4.98 Å². The molecule has 18 heavy (non-hydrogen) atoms. The summed E-state index contributed by atoms with van der Waals surface area (Å²) in [5, 5.41) is 7.01. The van der Waals surface area contributed by atoms with E-state index in [1.807, 2.05) is 0 Å². The fourth-order valence-corrected chi connectivity index (χ4v) is 1.55. The SMILES string of the molecule is CCCNCc1nc(-c2ccc(C)c(F)c2)no1. The molecule has 5 heteroatoms. The Morgan fingerprint density at radius 3 is 2.94 bits per heavy atom. The molecule has 0 saturated heterocycles. The second-order valence-corrected chi connectivity index (χ2v) is 4.15. The van der Waals surface area contributed by atoms with Gasteiger partial charge in [-0.15, -0.1) is 0 Å². The Hall–Kier alpha value is -1.75. The predicted octanol–water partition coefficient (Wildman–Crippen LogP) is 2.68.